The maximum Gasteiger partial charge on any atom is 0.411 e. The number of anilines is 1. The van der Waals surface area contributed by atoms with E-state index in [0.29, 0.717) is 16.6 Å². The van der Waals surface area contributed by atoms with Crippen LogP contribution in [0.5, 0.6) is 0 Å². The average Bonchev–Trinajstić information content (AvgIpc) is 2.67. The third-order valence-electron chi connectivity index (χ3n) is 3.88. The minimum atomic E-state index is -0.748. The van der Waals surface area contributed by atoms with E-state index >= 15 is 0 Å². The molecule has 0 bridgehead atoms. The van der Waals surface area contributed by atoms with Gasteiger partial charge in [0.1, 0.15) is 12.2 Å². The molecule has 0 aliphatic carbocycles. The fraction of sp³-hybridized carbons (Fsp3) is 0.211. The molecule has 0 unspecified atom stereocenters. The van der Waals surface area contributed by atoms with Crippen molar-refractivity contribution in [1.82, 2.24) is 9.78 Å². The summed E-state index contributed by atoms with van der Waals surface area (Å²) in [6, 6.07) is 8.35. The molecule has 0 aliphatic heterocycles. The third-order valence-corrected chi connectivity index (χ3v) is 3.88. The van der Waals surface area contributed by atoms with E-state index in [1.165, 1.54) is 31.3 Å². The average molecular weight is 399 g/mol. The summed E-state index contributed by atoms with van der Waals surface area (Å²) < 4.78 is 16.2. The second-order valence-corrected chi connectivity index (χ2v) is 5.90. The summed E-state index contributed by atoms with van der Waals surface area (Å²) >= 11 is 0. The number of nitrogens with one attached hydrogen (secondary N) is 1. The van der Waals surface area contributed by atoms with Crippen LogP contribution in [0.1, 0.15) is 23.0 Å². The first-order chi connectivity index (χ1) is 13.9. The van der Waals surface area contributed by atoms with E-state index in [-0.39, 0.29) is 30.0 Å². The summed E-state index contributed by atoms with van der Waals surface area (Å²) in [6.07, 6.45) is -0.635. The van der Waals surface area contributed by atoms with Crippen molar-refractivity contribution in [2.24, 2.45) is 7.05 Å². The Bertz CT molecular complexity index is 1200. The second-order valence-electron chi connectivity index (χ2n) is 5.90. The quantitative estimate of drug-likeness (QED) is 0.508. The number of fused-ring (bicyclic) bond motifs is 1. The summed E-state index contributed by atoms with van der Waals surface area (Å²) in [5.74, 6) is -0.748. The molecular formula is C19H17N3O7. The highest BCUT2D eigenvalue weighted by Gasteiger charge is 2.13. The van der Waals surface area contributed by atoms with Crippen molar-refractivity contribution in [3.8, 4) is 0 Å². The van der Waals surface area contributed by atoms with Crippen LogP contribution in [-0.4, -0.2) is 28.4 Å². The number of hydrogen-bond acceptors (Lipinski definition) is 8. The van der Waals surface area contributed by atoms with Gasteiger partial charge < -0.3 is 13.9 Å². The van der Waals surface area contributed by atoms with Crippen molar-refractivity contribution in [1.29, 1.82) is 0 Å². The number of nitrogens with zero attached hydrogens (tertiary/aromatic N) is 2. The standard InChI is InChI=1S/C19H17N3O7/c1-3-27-19(26)20-12-4-5-13-11(8-17(24)29-15(13)9-12)10-28-18(25)14-6-7-16(23)22(2)21-14/h4-9H,3,10H2,1-2H3,(H,20,26). The molecule has 2 heterocycles. The van der Waals surface area contributed by atoms with Gasteiger partial charge in [0.15, 0.2) is 5.69 Å². The third kappa shape index (κ3) is 4.67. The molecule has 0 saturated heterocycles. The van der Waals surface area contributed by atoms with Crippen LogP contribution in [0.15, 0.2) is 50.4 Å². The van der Waals surface area contributed by atoms with Crippen LogP contribution in [0, 0.1) is 0 Å². The minimum Gasteiger partial charge on any atom is -0.456 e. The van der Waals surface area contributed by atoms with Gasteiger partial charge in [-0.3, -0.25) is 10.1 Å². The van der Waals surface area contributed by atoms with Gasteiger partial charge in [0.2, 0.25) is 0 Å². The Kier molecular flexibility index (Phi) is 5.72. The summed E-state index contributed by atoms with van der Waals surface area (Å²) in [7, 11) is 1.41. The zero-order chi connectivity index (χ0) is 21.0. The molecule has 3 rings (SSSR count). The first kappa shape index (κ1) is 19.8. The minimum absolute atomic E-state index is 0.0414. The van der Waals surface area contributed by atoms with Gasteiger partial charge >= 0.3 is 17.7 Å². The molecule has 0 spiro atoms. The number of aryl methyl sites for hydroxylation is 1. The van der Waals surface area contributed by atoms with Crippen molar-refractivity contribution in [2.45, 2.75) is 13.5 Å². The fourth-order valence-corrected chi connectivity index (χ4v) is 2.54. The van der Waals surface area contributed by atoms with Crippen molar-refractivity contribution >= 4 is 28.7 Å². The van der Waals surface area contributed by atoms with Crippen molar-refractivity contribution < 1.29 is 23.5 Å². The van der Waals surface area contributed by atoms with Crippen LogP contribution in [0.25, 0.3) is 11.0 Å². The Morgan fingerprint density at radius 1 is 1.14 bits per heavy atom. The molecule has 0 aliphatic rings. The molecule has 10 heteroatoms. The lowest BCUT2D eigenvalue weighted by Crippen LogP contribution is -2.21. The summed E-state index contributed by atoms with van der Waals surface area (Å²) in [6.45, 7) is 1.68. The van der Waals surface area contributed by atoms with Crippen LogP contribution in [0.3, 0.4) is 0 Å². The maximum atomic E-state index is 12.2. The number of ether oxygens (including phenoxy) is 2. The lowest BCUT2D eigenvalue weighted by atomic mass is 10.1. The monoisotopic (exact) mass is 399 g/mol. The predicted molar refractivity (Wildman–Crippen MR) is 102 cm³/mol. The number of hydrogen-bond donors (Lipinski definition) is 1. The molecule has 1 aromatic carbocycles. The van der Waals surface area contributed by atoms with Crippen molar-refractivity contribution in [3.63, 3.8) is 0 Å². The van der Waals surface area contributed by atoms with E-state index in [1.807, 2.05) is 0 Å². The van der Waals surface area contributed by atoms with Gasteiger partial charge in [-0.15, -0.1) is 0 Å². The van der Waals surface area contributed by atoms with E-state index in [1.54, 1.807) is 19.1 Å². The molecule has 0 fully saturated rings. The number of benzene rings is 1. The normalized spacial score (nSPS) is 10.6. The Hall–Kier alpha value is -3.95. The van der Waals surface area contributed by atoms with Crippen LogP contribution in [0.2, 0.25) is 0 Å². The lowest BCUT2D eigenvalue weighted by molar-refractivity contribution is 0.0464. The zero-order valence-electron chi connectivity index (χ0n) is 15.6. The molecule has 1 amide bonds. The van der Waals surface area contributed by atoms with Gasteiger partial charge in [-0.25, -0.2) is 19.1 Å². The first-order valence-corrected chi connectivity index (χ1v) is 8.59. The number of rotatable bonds is 5. The van der Waals surface area contributed by atoms with Crippen molar-refractivity contribution in [3.05, 3.63) is 68.4 Å². The molecule has 1 N–H and O–H groups in total. The molecule has 10 nitrogen and oxygen atoms in total. The summed E-state index contributed by atoms with van der Waals surface area (Å²) in [5, 5.41) is 6.86. The largest absolute Gasteiger partial charge is 0.456 e. The van der Waals surface area contributed by atoms with Crippen molar-refractivity contribution in [2.75, 3.05) is 11.9 Å². The van der Waals surface area contributed by atoms with Gasteiger partial charge in [0.25, 0.3) is 5.56 Å². The Balaban J connectivity index is 1.82. The zero-order valence-corrected chi connectivity index (χ0v) is 15.6. The van der Waals surface area contributed by atoms with E-state index in [2.05, 4.69) is 10.4 Å². The van der Waals surface area contributed by atoms with Crippen LogP contribution in [0.4, 0.5) is 10.5 Å². The Morgan fingerprint density at radius 3 is 2.66 bits per heavy atom. The fourth-order valence-electron chi connectivity index (χ4n) is 2.54. The second kappa shape index (κ2) is 8.38. The smallest absolute Gasteiger partial charge is 0.411 e. The highest BCUT2D eigenvalue weighted by Crippen LogP contribution is 2.22. The maximum absolute atomic E-state index is 12.2. The van der Waals surface area contributed by atoms with Gasteiger partial charge in [0.05, 0.1) is 6.61 Å². The molecule has 0 radical (unpaired) electrons. The predicted octanol–water partition coefficient (Wildman–Crippen LogP) is 1.81. The van der Waals surface area contributed by atoms with E-state index in [4.69, 9.17) is 13.9 Å². The van der Waals surface area contributed by atoms with E-state index in [9.17, 15) is 19.2 Å². The molecule has 150 valence electrons. The molecule has 0 atom stereocenters. The van der Waals surface area contributed by atoms with Gasteiger partial charge in [-0.1, -0.05) is 0 Å². The van der Waals surface area contributed by atoms with Gasteiger partial charge in [0, 0.05) is 41.9 Å². The first-order valence-electron chi connectivity index (χ1n) is 8.59. The number of amides is 1. The topological polar surface area (TPSA) is 130 Å². The molecule has 0 saturated carbocycles. The Morgan fingerprint density at radius 2 is 1.93 bits per heavy atom. The van der Waals surface area contributed by atoms with E-state index < -0.39 is 17.7 Å². The number of esters is 1. The summed E-state index contributed by atoms with van der Waals surface area (Å²) in [4.78, 5) is 46.9. The number of carbonyl (C=O) groups excluding carboxylic acids is 2. The number of aromatic nitrogens is 2. The molecule has 2 aromatic heterocycles. The van der Waals surface area contributed by atoms with Crippen LogP contribution >= 0.6 is 0 Å². The van der Waals surface area contributed by atoms with Crippen LogP contribution in [-0.2, 0) is 23.1 Å². The van der Waals surface area contributed by atoms with Gasteiger partial charge in [-0.05, 0) is 25.1 Å². The number of carbonyl (C=O) groups is 2. The highest BCUT2D eigenvalue weighted by atomic mass is 16.5. The Labute approximate surface area is 163 Å². The van der Waals surface area contributed by atoms with Gasteiger partial charge in [-0.2, -0.15) is 5.10 Å². The van der Waals surface area contributed by atoms with Crippen LogP contribution < -0.4 is 16.5 Å². The highest BCUT2D eigenvalue weighted by molar-refractivity contribution is 5.90. The lowest BCUT2D eigenvalue weighted by Gasteiger charge is -2.09. The molecular weight excluding hydrogens is 382 g/mol. The summed E-state index contributed by atoms with van der Waals surface area (Å²) in [5.41, 5.74) is -0.0457. The van der Waals surface area contributed by atoms with E-state index in [0.717, 1.165) is 4.68 Å². The SMILES string of the molecule is CCOC(=O)Nc1ccc2c(COC(=O)c3ccc(=O)n(C)n3)cc(=O)oc2c1. The molecule has 3 aromatic rings. The molecule has 29 heavy (non-hydrogen) atoms.